The Morgan fingerprint density at radius 3 is 2.52 bits per heavy atom. The number of fused-ring (bicyclic) bond motifs is 2. The summed E-state index contributed by atoms with van der Waals surface area (Å²) in [4.78, 5) is 22.4. The molecule has 2 aliphatic heterocycles. The zero-order chi connectivity index (χ0) is 22.9. The van der Waals surface area contributed by atoms with Gasteiger partial charge >= 0.3 is 0 Å². The first-order valence-electron chi connectivity index (χ1n) is 11.5. The van der Waals surface area contributed by atoms with Gasteiger partial charge in [-0.1, -0.05) is 48.0 Å². The predicted molar refractivity (Wildman–Crippen MR) is 132 cm³/mol. The van der Waals surface area contributed by atoms with Gasteiger partial charge in [0.2, 0.25) is 5.91 Å². The summed E-state index contributed by atoms with van der Waals surface area (Å²) in [5.41, 5.74) is 5.19. The Bertz CT molecular complexity index is 1220. The van der Waals surface area contributed by atoms with E-state index in [2.05, 4.69) is 43.9 Å². The lowest BCUT2D eigenvalue weighted by Gasteiger charge is -2.41. The van der Waals surface area contributed by atoms with Crippen LogP contribution >= 0.6 is 0 Å². The number of piperazine rings is 1. The quantitative estimate of drug-likeness (QED) is 0.547. The van der Waals surface area contributed by atoms with E-state index in [-0.39, 0.29) is 11.9 Å². The van der Waals surface area contributed by atoms with Gasteiger partial charge in [0.1, 0.15) is 17.3 Å². The number of amides is 1. The van der Waals surface area contributed by atoms with Gasteiger partial charge in [-0.05, 0) is 56.2 Å². The van der Waals surface area contributed by atoms with Crippen LogP contribution in [-0.2, 0) is 11.2 Å². The molecule has 0 bridgehead atoms. The summed E-state index contributed by atoms with van der Waals surface area (Å²) in [7, 11) is 0. The van der Waals surface area contributed by atoms with E-state index >= 15 is 0 Å². The second-order valence-corrected chi connectivity index (χ2v) is 9.05. The molecule has 3 aromatic carbocycles. The van der Waals surface area contributed by atoms with Crippen LogP contribution in [-0.4, -0.2) is 47.2 Å². The van der Waals surface area contributed by atoms with Crippen LogP contribution in [0.4, 0.5) is 5.69 Å². The molecule has 1 amide bonds. The molecular formula is C28H29N3O2. The molecule has 5 heteroatoms. The Hall–Kier alpha value is -3.60. The lowest BCUT2D eigenvalue weighted by Crippen LogP contribution is -2.55. The molecule has 33 heavy (non-hydrogen) atoms. The van der Waals surface area contributed by atoms with Gasteiger partial charge in [0, 0.05) is 25.7 Å². The molecule has 0 radical (unpaired) electrons. The maximum Gasteiger partial charge on any atom is 0.227 e. The molecular weight excluding hydrogens is 410 g/mol. The van der Waals surface area contributed by atoms with E-state index in [0.29, 0.717) is 13.0 Å². The summed E-state index contributed by atoms with van der Waals surface area (Å²) in [6.45, 7) is 8.41. The molecule has 1 saturated heterocycles. The van der Waals surface area contributed by atoms with Crippen molar-refractivity contribution in [2.24, 2.45) is 4.99 Å². The molecule has 1 fully saturated rings. The zero-order valence-corrected chi connectivity index (χ0v) is 19.4. The zero-order valence-electron chi connectivity index (χ0n) is 19.4. The first-order chi connectivity index (χ1) is 16.0. The van der Waals surface area contributed by atoms with Crippen LogP contribution in [0.5, 0.6) is 11.5 Å². The van der Waals surface area contributed by atoms with E-state index in [1.54, 1.807) is 0 Å². The van der Waals surface area contributed by atoms with Gasteiger partial charge in [-0.2, -0.15) is 0 Å². The van der Waals surface area contributed by atoms with Gasteiger partial charge in [0.05, 0.1) is 12.0 Å². The van der Waals surface area contributed by atoms with Crippen LogP contribution in [0, 0.1) is 13.8 Å². The Kier molecular flexibility index (Phi) is 5.63. The maximum absolute atomic E-state index is 13.0. The van der Waals surface area contributed by atoms with E-state index in [9.17, 15) is 4.79 Å². The standard InChI is InChI=1S/C28H29N3O2/c1-19-10-12-25-23(15-19)28(29-24-11-9-20(2)16-26(24)33-25)30-13-14-31(21(3)18-30)27(32)17-22-7-5-4-6-8-22/h4-12,15-16,21H,13-14,17-18H2,1-3H3. The SMILES string of the molecule is Cc1ccc2c(c1)Oc1ccc(C)cc1C(N1CCN(C(=O)Cc3ccccc3)C(C)C1)=N2. The van der Waals surface area contributed by atoms with Crippen molar-refractivity contribution in [3.63, 3.8) is 0 Å². The van der Waals surface area contributed by atoms with Crippen molar-refractivity contribution in [2.75, 3.05) is 19.6 Å². The minimum absolute atomic E-state index is 0.0904. The van der Waals surface area contributed by atoms with Crippen LogP contribution in [0.25, 0.3) is 0 Å². The number of carbonyl (C=O) groups is 1. The number of amidine groups is 1. The summed E-state index contributed by atoms with van der Waals surface area (Å²) in [6.07, 6.45) is 0.439. The molecule has 168 valence electrons. The molecule has 0 N–H and O–H groups in total. The smallest absolute Gasteiger partial charge is 0.227 e. The Morgan fingerprint density at radius 1 is 0.970 bits per heavy atom. The Labute approximate surface area is 195 Å². The Balaban J connectivity index is 1.42. The molecule has 2 heterocycles. The minimum Gasteiger partial charge on any atom is -0.454 e. The van der Waals surface area contributed by atoms with Crippen LogP contribution in [0.2, 0.25) is 0 Å². The maximum atomic E-state index is 13.0. The molecule has 0 saturated carbocycles. The van der Waals surface area contributed by atoms with Crippen LogP contribution in [0.3, 0.4) is 0 Å². The average molecular weight is 440 g/mol. The van der Waals surface area contributed by atoms with Crippen molar-refractivity contribution >= 4 is 17.4 Å². The number of rotatable bonds is 2. The highest BCUT2D eigenvalue weighted by molar-refractivity contribution is 6.04. The molecule has 5 rings (SSSR count). The van der Waals surface area contributed by atoms with Crippen molar-refractivity contribution in [3.8, 4) is 11.5 Å². The largest absolute Gasteiger partial charge is 0.454 e. The fourth-order valence-corrected chi connectivity index (χ4v) is 4.63. The summed E-state index contributed by atoms with van der Waals surface area (Å²) in [5, 5.41) is 0. The molecule has 2 aliphatic rings. The molecule has 3 aromatic rings. The van der Waals surface area contributed by atoms with E-state index in [1.165, 1.54) is 0 Å². The highest BCUT2D eigenvalue weighted by Gasteiger charge is 2.31. The lowest BCUT2D eigenvalue weighted by atomic mass is 10.1. The van der Waals surface area contributed by atoms with E-state index in [4.69, 9.17) is 9.73 Å². The summed E-state index contributed by atoms with van der Waals surface area (Å²) >= 11 is 0. The summed E-state index contributed by atoms with van der Waals surface area (Å²) in [6, 6.07) is 22.4. The number of benzene rings is 3. The number of nitrogens with zero attached hydrogens (tertiary/aromatic N) is 3. The lowest BCUT2D eigenvalue weighted by molar-refractivity contribution is -0.134. The second-order valence-electron chi connectivity index (χ2n) is 9.05. The van der Waals surface area contributed by atoms with Crippen LogP contribution in [0.15, 0.2) is 71.7 Å². The number of ether oxygens (including phenoxy) is 1. The van der Waals surface area contributed by atoms with Crippen LogP contribution in [0.1, 0.15) is 29.2 Å². The predicted octanol–water partition coefficient (Wildman–Crippen LogP) is 5.26. The minimum atomic E-state index is 0.0904. The van der Waals surface area contributed by atoms with Crippen molar-refractivity contribution in [1.29, 1.82) is 0 Å². The van der Waals surface area contributed by atoms with Gasteiger partial charge in [0.15, 0.2) is 5.75 Å². The summed E-state index contributed by atoms with van der Waals surface area (Å²) in [5.74, 6) is 2.69. The third-order valence-electron chi connectivity index (χ3n) is 6.38. The number of carbonyl (C=O) groups excluding carboxylic acids is 1. The molecule has 1 unspecified atom stereocenters. The molecule has 1 atom stereocenters. The molecule has 0 aliphatic carbocycles. The fourth-order valence-electron chi connectivity index (χ4n) is 4.63. The molecule has 5 nitrogen and oxygen atoms in total. The van der Waals surface area contributed by atoms with Crippen LogP contribution < -0.4 is 4.74 Å². The van der Waals surface area contributed by atoms with Crippen molar-refractivity contribution in [2.45, 2.75) is 33.2 Å². The number of hydrogen-bond acceptors (Lipinski definition) is 4. The first-order valence-corrected chi connectivity index (χ1v) is 11.5. The van der Waals surface area contributed by atoms with Gasteiger partial charge < -0.3 is 14.5 Å². The van der Waals surface area contributed by atoms with Crippen molar-refractivity contribution in [3.05, 3.63) is 89.0 Å². The normalized spacial score (nSPS) is 17.4. The van der Waals surface area contributed by atoms with E-state index < -0.39 is 0 Å². The van der Waals surface area contributed by atoms with Crippen molar-refractivity contribution < 1.29 is 9.53 Å². The van der Waals surface area contributed by atoms with Gasteiger partial charge in [-0.25, -0.2) is 4.99 Å². The van der Waals surface area contributed by atoms with E-state index in [0.717, 1.165) is 58.4 Å². The topological polar surface area (TPSA) is 45.1 Å². The number of hydrogen-bond donors (Lipinski definition) is 0. The number of aliphatic imine (C=N–C) groups is 1. The first kappa shape index (κ1) is 21.3. The highest BCUT2D eigenvalue weighted by atomic mass is 16.5. The second kappa shape index (κ2) is 8.74. The van der Waals surface area contributed by atoms with Gasteiger partial charge in [-0.15, -0.1) is 0 Å². The van der Waals surface area contributed by atoms with Gasteiger partial charge in [-0.3, -0.25) is 4.79 Å². The average Bonchev–Trinajstić information content (AvgIpc) is 2.95. The highest BCUT2D eigenvalue weighted by Crippen LogP contribution is 2.39. The molecule has 0 aromatic heterocycles. The van der Waals surface area contributed by atoms with E-state index in [1.807, 2.05) is 53.4 Å². The fraction of sp³-hybridized carbons (Fsp3) is 0.286. The number of aryl methyl sites for hydroxylation is 2. The monoisotopic (exact) mass is 439 g/mol. The van der Waals surface area contributed by atoms with Crippen molar-refractivity contribution in [1.82, 2.24) is 9.80 Å². The third kappa shape index (κ3) is 4.36. The Morgan fingerprint density at radius 2 is 1.73 bits per heavy atom. The molecule has 0 spiro atoms. The van der Waals surface area contributed by atoms with Gasteiger partial charge in [0.25, 0.3) is 0 Å². The third-order valence-corrected chi connectivity index (χ3v) is 6.38. The summed E-state index contributed by atoms with van der Waals surface area (Å²) < 4.78 is 6.31.